The van der Waals surface area contributed by atoms with Gasteiger partial charge in [0.05, 0.1) is 0 Å². The highest BCUT2D eigenvalue weighted by Crippen LogP contribution is 2.48. The van der Waals surface area contributed by atoms with E-state index in [9.17, 15) is 0 Å². The van der Waals surface area contributed by atoms with E-state index in [2.05, 4.69) is 0 Å². The van der Waals surface area contributed by atoms with Crippen molar-refractivity contribution in [3.8, 4) is 0 Å². The van der Waals surface area contributed by atoms with Crippen LogP contribution in [0.5, 0.6) is 0 Å². The summed E-state index contributed by atoms with van der Waals surface area (Å²) in [6.45, 7) is 0. The second-order valence-corrected chi connectivity index (χ2v) is 2.82. The fourth-order valence-corrected chi connectivity index (χ4v) is 1.73. The van der Waals surface area contributed by atoms with Gasteiger partial charge in [0.2, 0.25) is 11.6 Å². The second-order valence-electron chi connectivity index (χ2n) is 2.82. The van der Waals surface area contributed by atoms with E-state index in [1.54, 1.807) is 28.4 Å². The topological polar surface area (TPSA) is 36.9 Å². The average Bonchev–Trinajstić information content (AvgIpc) is 2.08. The number of hydrogen-bond donors (Lipinski definition) is 0. The molecule has 1 rings (SSSR count). The lowest BCUT2D eigenvalue weighted by molar-refractivity contribution is -0.437. The van der Waals surface area contributed by atoms with Crippen LogP contribution >= 0.6 is 0 Å². The summed E-state index contributed by atoms with van der Waals surface area (Å²) >= 11 is 0. The molecule has 1 saturated carbocycles. The largest absolute Gasteiger partial charge is 0.349 e. The smallest absolute Gasteiger partial charge is 0.223 e. The third-order valence-electron chi connectivity index (χ3n) is 2.68. The maximum Gasteiger partial charge on any atom is 0.223 e. The van der Waals surface area contributed by atoms with Gasteiger partial charge in [-0.1, -0.05) is 0 Å². The number of rotatable bonds is 4. The summed E-state index contributed by atoms with van der Waals surface area (Å²) in [5, 5.41) is 0. The molecule has 0 aromatic heterocycles. The van der Waals surface area contributed by atoms with E-state index in [1.165, 1.54) is 0 Å². The molecule has 1 fully saturated rings. The Morgan fingerprint density at radius 1 is 0.667 bits per heavy atom. The summed E-state index contributed by atoms with van der Waals surface area (Å²) in [7, 11) is 6.37. The summed E-state index contributed by atoms with van der Waals surface area (Å²) in [6.07, 6.45) is 1.59. The molecule has 0 aromatic carbocycles. The lowest BCUT2D eigenvalue weighted by atomic mass is 9.82. The Morgan fingerprint density at radius 3 is 1.00 bits per heavy atom. The Balaban J connectivity index is 2.77. The Labute approximate surface area is 72.7 Å². The Hall–Kier alpha value is -0.160. The molecule has 0 amide bonds. The van der Waals surface area contributed by atoms with Crippen molar-refractivity contribution in [3.63, 3.8) is 0 Å². The first-order valence-electron chi connectivity index (χ1n) is 3.91. The van der Waals surface area contributed by atoms with Crippen LogP contribution < -0.4 is 0 Å². The van der Waals surface area contributed by atoms with Crippen LogP contribution in [0.4, 0.5) is 0 Å². The van der Waals surface area contributed by atoms with Crippen LogP contribution in [-0.4, -0.2) is 40.0 Å². The van der Waals surface area contributed by atoms with E-state index in [0.717, 1.165) is 12.8 Å². The zero-order valence-corrected chi connectivity index (χ0v) is 8.05. The highest BCUT2D eigenvalue weighted by Gasteiger charge is 2.62. The first kappa shape index (κ1) is 9.92. The predicted molar refractivity (Wildman–Crippen MR) is 42.7 cm³/mol. The van der Waals surface area contributed by atoms with Crippen LogP contribution in [0.15, 0.2) is 0 Å². The summed E-state index contributed by atoms with van der Waals surface area (Å²) in [5.74, 6) is -1.45. The van der Waals surface area contributed by atoms with E-state index in [-0.39, 0.29) is 0 Å². The lowest BCUT2D eigenvalue weighted by Gasteiger charge is -2.53. The Bertz CT molecular complexity index is 120. The SMILES string of the molecule is COC1(OC)CCC1(OC)OC. The van der Waals surface area contributed by atoms with Crippen molar-refractivity contribution >= 4 is 0 Å². The van der Waals surface area contributed by atoms with Crippen molar-refractivity contribution in [1.82, 2.24) is 0 Å². The molecule has 0 atom stereocenters. The minimum Gasteiger partial charge on any atom is -0.349 e. The van der Waals surface area contributed by atoms with Gasteiger partial charge in [-0.2, -0.15) is 0 Å². The van der Waals surface area contributed by atoms with Gasteiger partial charge in [-0.05, 0) is 0 Å². The van der Waals surface area contributed by atoms with Gasteiger partial charge in [0.15, 0.2) is 0 Å². The highest BCUT2D eigenvalue weighted by atomic mass is 16.8. The Morgan fingerprint density at radius 2 is 0.917 bits per heavy atom. The van der Waals surface area contributed by atoms with Crippen molar-refractivity contribution in [2.75, 3.05) is 28.4 Å². The molecule has 4 nitrogen and oxygen atoms in total. The quantitative estimate of drug-likeness (QED) is 0.592. The molecule has 0 aliphatic heterocycles. The first-order valence-corrected chi connectivity index (χ1v) is 3.91. The van der Waals surface area contributed by atoms with Crippen molar-refractivity contribution in [2.45, 2.75) is 24.4 Å². The summed E-state index contributed by atoms with van der Waals surface area (Å²) in [4.78, 5) is 0. The fraction of sp³-hybridized carbons (Fsp3) is 1.00. The maximum atomic E-state index is 5.25. The van der Waals surface area contributed by atoms with Gasteiger partial charge in [-0.25, -0.2) is 0 Å². The van der Waals surface area contributed by atoms with E-state index in [0.29, 0.717) is 0 Å². The van der Waals surface area contributed by atoms with E-state index < -0.39 is 11.6 Å². The van der Waals surface area contributed by atoms with Gasteiger partial charge in [0, 0.05) is 41.3 Å². The fourth-order valence-electron chi connectivity index (χ4n) is 1.73. The molecule has 4 heteroatoms. The van der Waals surface area contributed by atoms with E-state index in [4.69, 9.17) is 18.9 Å². The van der Waals surface area contributed by atoms with Crippen molar-refractivity contribution in [1.29, 1.82) is 0 Å². The van der Waals surface area contributed by atoms with Crippen LogP contribution in [0.25, 0.3) is 0 Å². The van der Waals surface area contributed by atoms with Gasteiger partial charge in [-0.3, -0.25) is 0 Å². The minimum atomic E-state index is -0.726. The molecule has 0 aromatic rings. The van der Waals surface area contributed by atoms with Crippen molar-refractivity contribution in [3.05, 3.63) is 0 Å². The molecule has 0 N–H and O–H groups in total. The molecule has 0 saturated heterocycles. The summed E-state index contributed by atoms with van der Waals surface area (Å²) in [5.41, 5.74) is 0. The van der Waals surface area contributed by atoms with E-state index >= 15 is 0 Å². The highest BCUT2D eigenvalue weighted by molar-refractivity contribution is 4.99. The molecular weight excluding hydrogens is 160 g/mol. The zero-order valence-electron chi connectivity index (χ0n) is 8.05. The average molecular weight is 176 g/mol. The van der Waals surface area contributed by atoms with Crippen LogP contribution in [0.3, 0.4) is 0 Å². The van der Waals surface area contributed by atoms with Gasteiger partial charge in [-0.15, -0.1) is 0 Å². The van der Waals surface area contributed by atoms with Crippen LogP contribution in [0, 0.1) is 0 Å². The number of hydrogen-bond acceptors (Lipinski definition) is 4. The molecule has 0 bridgehead atoms. The van der Waals surface area contributed by atoms with Crippen LogP contribution in [0.1, 0.15) is 12.8 Å². The predicted octanol–water partition coefficient (Wildman–Crippen LogP) is 0.758. The molecule has 0 unspecified atom stereocenters. The van der Waals surface area contributed by atoms with Crippen LogP contribution in [-0.2, 0) is 18.9 Å². The van der Waals surface area contributed by atoms with Crippen LogP contribution in [0.2, 0.25) is 0 Å². The summed E-state index contributed by atoms with van der Waals surface area (Å²) < 4.78 is 21.0. The van der Waals surface area contributed by atoms with Gasteiger partial charge in [0.1, 0.15) is 0 Å². The molecule has 72 valence electrons. The molecular formula is C8H16O4. The van der Waals surface area contributed by atoms with Gasteiger partial charge >= 0.3 is 0 Å². The minimum absolute atomic E-state index is 0.726. The standard InChI is InChI=1S/C8H16O4/c1-9-7(10-2)5-6-8(7,11-3)12-4/h5-6H2,1-4H3. The third-order valence-corrected chi connectivity index (χ3v) is 2.68. The van der Waals surface area contributed by atoms with E-state index in [1.807, 2.05) is 0 Å². The number of methoxy groups -OCH3 is 4. The third kappa shape index (κ3) is 0.992. The Kier molecular flexibility index (Phi) is 2.73. The van der Waals surface area contributed by atoms with Gasteiger partial charge in [0.25, 0.3) is 0 Å². The normalized spacial score (nSPS) is 25.0. The molecule has 1 aliphatic rings. The molecule has 0 spiro atoms. The molecule has 12 heavy (non-hydrogen) atoms. The van der Waals surface area contributed by atoms with Crippen molar-refractivity contribution in [2.24, 2.45) is 0 Å². The van der Waals surface area contributed by atoms with Gasteiger partial charge < -0.3 is 18.9 Å². The molecule has 0 radical (unpaired) electrons. The zero-order chi connectivity index (χ0) is 9.24. The summed E-state index contributed by atoms with van der Waals surface area (Å²) in [6, 6.07) is 0. The molecule has 1 aliphatic carbocycles. The monoisotopic (exact) mass is 176 g/mol. The first-order chi connectivity index (χ1) is 5.70. The maximum absolute atomic E-state index is 5.25. The second kappa shape index (κ2) is 3.30. The van der Waals surface area contributed by atoms with Crippen molar-refractivity contribution < 1.29 is 18.9 Å². The number of ether oxygens (including phenoxy) is 4. The molecule has 0 heterocycles. The lowest BCUT2D eigenvalue weighted by Crippen LogP contribution is -2.67.